The molecule has 1 N–H and O–H groups in total. The van der Waals surface area contributed by atoms with Crippen LogP contribution in [0.3, 0.4) is 0 Å². The summed E-state index contributed by atoms with van der Waals surface area (Å²) in [4.78, 5) is 0. The lowest BCUT2D eigenvalue weighted by molar-refractivity contribution is -0.164. The van der Waals surface area contributed by atoms with Crippen molar-refractivity contribution in [3.05, 3.63) is 0 Å². The van der Waals surface area contributed by atoms with Crippen LogP contribution < -0.4 is 0 Å². The first kappa shape index (κ1) is 15.9. The minimum Gasteiger partial charge on any atom is -0.396 e. The van der Waals surface area contributed by atoms with Crippen LogP contribution in [-0.2, 0) is 9.47 Å². The molecule has 2 unspecified atom stereocenters. The molecule has 1 aliphatic heterocycles. The van der Waals surface area contributed by atoms with Crippen LogP contribution >= 0.6 is 0 Å². The van der Waals surface area contributed by atoms with Gasteiger partial charge in [-0.3, -0.25) is 0 Å². The van der Waals surface area contributed by atoms with Crippen molar-refractivity contribution in [1.82, 2.24) is 0 Å². The summed E-state index contributed by atoms with van der Waals surface area (Å²) in [5.41, 5.74) is 0. The van der Waals surface area contributed by atoms with Gasteiger partial charge in [-0.15, -0.1) is 0 Å². The zero-order valence-electron chi connectivity index (χ0n) is 12.3. The van der Waals surface area contributed by atoms with E-state index in [0.29, 0.717) is 12.5 Å². The van der Waals surface area contributed by atoms with Crippen molar-refractivity contribution in [2.45, 2.75) is 77.6 Å². The summed E-state index contributed by atoms with van der Waals surface area (Å²) in [5, 5.41) is 8.69. The normalized spacial score (nSPS) is 28.2. The molecule has 0 saturated carbocycles. The molecular formula is C15H30O3. The second-order valence-electron chi connectivity index (χ2n) is 6.06. The van der Waals surface area contributed by atoms with Crippen molar-refractivity contribution >= 4 is 0 Å². The highest BCUT2D eigenvalue weighted by molar-refractivity contribution is 4.76. The molecule has 1 fully saturated rings. The Morgan fingerprint density at radius 2 is 1.83 bits per heavy atom. The van der Waals surface area contributed by atoms with Crippen LogP contribution in [0.5, 0.6) is 0 Å². The Kier molecular flexibility index (Phi) is 7.20. The predicted octanol–water partition coefficient (Wildman–Crippen LogP) is 3.50. The minimum atomic E-state index is -0.351. The number of rotatable bonds is 9. The Morgan fingerprint density at radius 3 is 2.50 bits per heavy atom. The van der Waals surface area contributed by atoms with Crippen LogP contribution in [0.2, 0.25) is 0 Å². The first-order valence-electron chi connectivity index (χ1n) is 7.48. The summed E-state index contributed by atoms with van der Waals surface area (Å²) in [6.45, 7) is 7.54. The molecule has 1 saturated heterocycles. The maximum Gasteiger partial charge on any atom is 0.166 e. The van der Waals surface area contributed by atoms with Gasteiger partial charge in [0, 0.05) is 13.0 Å². The van der Waals surface area contributed by atoms with Gasteiger partial charge in [0.1, 0.15) is 0 Å². The highest BCUT2D eigenvalue weighted by atomic mass is 16.7. The van der Waals surface area contributed by atoms with E-state index in [0.717, 1.165) is 32.3 Å². The third-order valence-corrected chi connectivity index (χ3v) is 3.45. The molecule has 0 aromatic rings. The van der Waals surface area contributed by atoms with Crippen LogP contribution in [0.1, 0.15) is 65.7 Å². The molecule has 3 heteroatoms. The molecule has 0 aromatic carbocycles. The number of hydrogen-bond acceptors (Lipinski definition) is 3. The standard InChI is InChI=1S/C15H30O3/c1-13(2)11-15(3)17-12-14(18-15)9-7-5-4-6-8-10-16/h13-14,16H,4-12H2,1-3H3. The fourth-order valence-corrected chi connectivity index (χ4v) is 2.69. The predicted molar refractivity (Wildman–Crippen MR) is 73.5 cm³/mol. The van der Waals surface area contributed by atoms with Gasteiger partial charge in [-0.25, -0.2) is 0 Å². The van der Waals surface area contributed by atoms with Crippen molar-refractivity contribution in [3.63, 3.8) is 0 Å². The van der Waals surface area contributed by atoms with Crippen molar-refractivity contribution < 1.29 is 14.6 Å². The Bertz CT molecular complexity index is 218. The molecule has 1 heterocycles. The van der Waals surface area contributed by atoms with E-state index in [1.807, 2.05) is 0 Å². The highest BCUT2D eigenvalue weighted by Gasteiger charge is 2.37. The van der Waals surface area contributed by atoms with E-state index in [2.05, 4.69) is 20.8 Å². The van der Waals surface area contributed by atoms with Crippen LogP contribution in [0.25, 0.3) is 0 Å². The van der Waals surface area contributed by atoms with E-state index in [-0.39, 0.29) is 11.9 Å². The van der Waals surface area contributed by atoms with Gasteiger partial charge < -0.3 is 14.6 Å². The van der Waals surface area contributed by atoms with E-state index in [9.17, 15) is 0 Å². The minimum absolute atomic E-state index is 0.284. The summed E-state index contributed by atoms with van der Waals surface area (Å²) in [5.74, 6) is 0.252. The average Bonchev–Trinajstić information content (AvgIpc) is 2.64. The Labute approximate surface area is 112 Å². The Hall–Kier alpha value is -0.120. The summed E-state index contributed by atoms with van der Waals surface area (Å²) in [6, 6.07) is 0. The summed E-state index contributed by atoms with van der Waals surface area (Å²) in [6.07, 6.45) is 8.10. The first-order valence-corrected chi connectivity index (χ1v) is 7.48. The largest absolute Gasteiger partial charge is 0.396 e. The van der Waals surface area contributed by atoms with Crippen molar-refractivity contribution in [2.75, 3.05) is 13.2 Å². The van der Waals surface area contributed by atoms with Gasteiger partial charge in [0.15, 0.2) is 5.79 Å². The zero-order chi connectivity index (χ0) is 13.4. The number of aliphatic hydroxyl groups is 1. The second-order valence-corrected chi connectivity index (χ2v) is 6.06. The molecule has 0 radical (unpaired) electrons. The summed E-state index contributed by atoms with van der Waals surface area (Å²) in [7, 11) is 0. The monoisotopic (exact) mass is 258 g/mol. The number of hydrogen-bond donors (Lipinski definition) is 1. The lowest BCUT2D eigenvalue weighted by atomic mass is 10.0. The van der Waals surface area contributed by atoms with Gasteiger partial charge >= 0.3 is 0 Å². The van der Waals surface area contributed by atoms with Crippen molar-refractivity contribution in [2.24, 2.45) is 5.92 Å². The Balaban J connectivity index is 2.07. The van der Waals surface area contributed by atoms with Crippen LogP contribution in [0.4, 0.5) is 0 Å². The molecule has 0 aromatic heterocycles. The van der Waals surface area contributed by atoms with E-state index in [1.54, 1.807) is 0 Å². The molecular weight excluding hydrogens is 228 g/mol. The molecule has 1 aliphatic rings. The van der Waals surface area contributed by atoms with Crippen molar-refractivity contribution in [1.29, 1.82) is 0 Å². The Morgan fingerprint density at radius 1 is 1.17 bits per heavy atom. The van der Waals surface area contributed by atoms with E-state index in [1.165, 1.54) is 19.3 Å². The molecule has 2 atom stereocenters. The van der Waals surface area contributed by atoms with E-state index in [4.69, 9.17) is 14.6 Å². The molecule has 108 valence electrons. The third-order valence-electron chi connectivity index (χ3n) is 3.45. The van der Waals surface area contributed by atoms with Crippen LogP contribution in [0, 0.1) is 5.92 Å². The smallest absolute Gasteiger partial charge is 0.166 e. The van der Waals surface area contributed by atoms with Gasteiger partial charge in [-0.1, -0.05) is 39.5 Å². The summed E-state index contributed by atoms with van der Waals surface area (Å²) < 4.78 is 11.8. The fourth-order valence-electron chi connectivity index (χ4n) is 2.69. The maximum atomic E-state index is 8.69. The molecule has 0 amide bonds. The van der Waals surface area contributed by atoms with Gasteiger partial charge in [0.05, 0.1) is 12.7 Å². The third kappa shape index (κ3) is 6.17. The van der Waals surface area contributed by atoms with E-state index >= 15 is 0 Å². The SMILES string of the molecule is CC(C)CC1(C)OCC(CCCCCCCO)O1. The molecule has 0 spiro atoms. The average molecular weight is 258 g/mol. The van der Waals surface area contributed by atoms with Gasteiger partial charge in [-0.05, 0) is 25.7 Å². The molecule has 1 rings (SSSR count). The first-order chi connectivity index (χ1) is 8.56. The number of ether oxygens (including phenoxy) is 2. The molecule has 0 aliphatic carbocycles. The van der Waals surface area contributed by atoms with Crippen LogP contribution in [-0.4, -0.2) is 30.2 Å². The molecule has 0 bridgehead atoms. The van der Waals surface area contributed by atoms with Crippen LogP contribution in [0.15, 0.2) is 0 Å². The van der Waals surface area contributed by atoms with E-state index < -0.39 is 0 Å². The topological polar surface area (TPSA) is 38.7 Å². The quantitative estimate of drug-likeness (QED) is 0.643. The van der Waals surface area contributed by atoms with Gasteiger partial charge in [0.25, 0.3) is 0 Å². The molecule has 3 nitrogen and oxygen atoms in total. The lowest BCUT2D eigenvalue weighted by Gasteiger charge is -2.25. The molecule has 18 heavy (non-hydrogen) atoms. The fraction of sp³-hybridized carbons (Fsp3) is 1.00. The van der Waals surface area contributed by atoms with Gasteiger partial charge in [-0.2, -0.15) is 0 Å². The second kappa shape index (κ2) is 8.13. The number of unbranched alkanes of at least 4 members (excludes halogenated alkanes) is 4. The maximum absolute atomic E-state index is 8.69. The lowest BCUT2D eigenvalue weighted by Crippen LogP contribution is -2.28. The highest BCUT2D eigenvalue weighted by Crippen LogP contribution is 2.31. The zero-order valence-corrected chi connectivity index (χ0v) is 12.3. The summed E-state index contributed by atoms with van der Waals surface area (Å²) >= 11 is 0. The van der Waals surface area contributed by atoms with Crippen molar-refractivity contribution in [3.8, 4) is 0 Å². The number of aliphatic hydroxyl groups excluding tert-OH is 1. The van der Waals surface area contributed by atoms with Gasteiger partial charge in [0.2, 0.25) is 0 Å².